The molecule has 0 saturated carbocycles. The van der Waals surface area contributed by atoms with Crippen molar-refractivity contribution < 1.29 is 9.90 Å². The first-order valence-corrected chi connectivity index (χ1v) is 7.18. The normalized spacial score (nSPS) is 12.0. The number of carbonyl (C=O) groups is 1. The second kappa shape index (κ2) is 6.44. The third-order valence-electron chi connectivity index (χ3n) is 3.89. The summed E-state index contributed by atoms with van der Waals surface area (Å²) < 4.78 is 0. The molecule has 0 aromatic heterocycles. The van der Waals surface area contributed by atoms with Gasteiger partial charge >= 0.3 is 0 Å². The summed E-state index contributed by atoms with van der Waals surface area (Å²) in [6, 6.07) is 14.6. The van der Waals surface area contributed by atoms with Gasteiger partial charge in [-0.3, -0.25) is 4.79 Å². The molecule has 110 valence electrons. The van der Waals surface area contributed by atoms with Crippen LogP contribution < -0.4 is 0 Å². The molecular weight excluding hydrogens is 262 g/mol. The van der Waals surface area contributed by atoms with E-state index in [1.54, 1.807) is 24.1 Å². The van der Waals surface area contributed by atoms with Crippen molar-refractivity contribution in [1.82, 2.24) is 4.90 Å². The third kappa shape index (κ3) is 3.43. The fourth-order valence-corrected chi connectivity index (χ4v) is 2.24. The molecule has 1 atom stereocenters. The maximum absolute atomic E-state index is 12.5. The molecule has 3 heteroatoms. The molecule has 0 spiro atoms. The topological polar surface area (TPSA) is 40.5 Å². The molecule has 0 aliphatic rings. The SMILES string of the molecule is CCc1ccc(C(=O)N(C)C(C)c2ccc(O)cc2)cc1. The van der Waals surface area contributed by atoms with Crippen molar-refractivity contribution in [2.45, 2.75) is 26.3 Å². The van der Waals surface area contributed by atoms with E-state index in [9.17, 15) is 9.90 Å². The Morgan fingerprint density at radius 3 is 2.19 bits per heavy atom. The van der Waals surface area contributed by atoms with Gasteiger partial charge < -0.3 is 10.0 Å². The second-order valence-corrected chi connectivity index (χ2v) is 5.23. The molecule has 21 heavy (non-hydrogen) atoms. The minimum atomic E-state index is -0.0519. The Morgan fingerprint density at radius 1 is 1.10 bits per heavy atom. The molecule has 2 aromatic carbocycles. The van der Waals surface area contributed by atoms with Crippen LogP contribution in [0.15, 0.2) is 48.5 Å². The van der Waals surface area contributed by atoms with Crippen molar-refractivity contribution in [3.63, 3.8) is 0 Å². The van der Waals surface area contributed by atoms with Crippen molar-refractivity contribution >= 4 is 5.91 Å². The highest BCUT2D eigenvalue weighted by atomic mass is 16.3. The summed E-state index contributed by atoms with van der Waals surface area (Å²) in [5.41, 5.74) is 2.91. The van der Waals surface area contributed by atoms with E-state index in [0.717, 1.165) is 12.0 Å². The van der Waals surface area contributed by atoms with E-state index >= 15 is 0 Å². The molecule has 2 rings (SSSR count). The van der Waals surface area contributed by atoms with Crippen LogP contribution in [0, 0.1) is 0 Å². The first kappa shape index (κ1) is 15.1. The number of aromatic hydroxyl groups is 1. The molecular formula is C18H21NO2. The molecule has 0 aliphatic carbocycles. The summed E-state index contributed by atoms with van der Waals surface area (Å²) in [7, 11) is 1.80. The monoisotopic (exact) mass is 283 g/mol. The van der Waals surface area contributed by atoms with Crippen molar-refractivity contribution in [2.75, 3.05) is 7.05 Å². The first-order chi connectivity index (χ1) is 10.0. The van der Waals surface area contributed by atoms with E-state index < -0.39 is 0 Å². The van der Waals surface area contributed by atoms with Crippen LogP contribution >= 0.6 is 0 Å². The van der Waals surface area contributed by atoms with Crippen LogP contribution in [0.4, 0.5) is 0 Å². The van der Waals surface area contributed by atoms with Crippen LogP contribution in [0.5, 0.6) is 5.75 Å². The Labute approximate surface area is 125 Å². The van der Waals surface area contributed by atoms with Gasteiger partial charge in [-0.2, -0.15) is 0 Å². The first-order valence-electron chi connectivity index (χ1n) is 7.18. The molecule has 0 aliphatic heterocycles. The number of hydrogen-bond acceptors (Lipinski definition) is 2. The second-order valence-electron chi connectivity index (χ2n) is 5.23. The van der Waals surface area contributed by atoms with E-state index in [1.807, 2.05) is 43.3 Å². The molecule has 2 aromatic rings. The number of rotatable bonds is 4. The van der Waals surface area contributed by atoms with Gasteiger partial charge in [0, 0.05) is 12.6 Å². The lowest BCUT2D eigenvalue weighted by atomic mass is 10.0. The summed E-state index contributed by atoms with van der Waals surface area (Å²) in [4.78, 5) is 14.2. The Bertz CT molecular complexity index is 602. The summed E-state index contributed by atoms with van der Waals surface area (Å²) in [5, 5.41) is 9.33. The van der Waals surface area contributed by atoms with Crippen LogP contribution in [-0.4, -0.2) is 23.0 Å². The number of hydrogen-bond donors (Lipinski definition) is 1. The summed E-state index contributed by atoms with van der Waals surface area (Å²) in [5.74, 6) is 0.230. The van der Waals surface area contributed by atoms with Crippen LogP contribution in [0.2, 0.25) is 0 Å². The zero-order valence-electron chi connectivity index (χ0n) is 12.7. The van der Waals surface area contributed by atoms with Gasteiger partial charge in [-0.25, -0.2) is 0 Å². The van der Waals surface area contributed by atoms with E-state index in [2.05, 4.69) is 6.92 Å². The van der Waals surface area contributed by atoms with E-state index in [1.165, 1.54) is 5.56 Å². The standard InChI is InChI=1S/C18H21NO2/c1-4-14-5-7-16(8-6-14)18(21)19(3)13(2)15-9-11-17(20)12-10-15/h5-13,20H,4H2,1-3H3. The number of aryl methyl sites for hydroxylation is 1. The van der Waals surface area contributed by atoms with Gasteiger partial charge in [0.15, 0.2) is 0 Å². The number of amides is 1. The van der Waals surface area contributed by atoms with Gasteiger partial charge in [-0.1, -0.05) is 31.2 Å². The Balaban J connectivity index is 2.15. The molecule has 0 saturated heterocycles. The third-order valence-corrected chi connectivity index (χ3v) is 3.89. The van der Waals surface area contributed by atoms with Crippen LogP contribution in [0.3, 0.4) is 0 Å². The lowest BCUT2D eigenvalue weighted by Crippen LogP contribution is -2.29. The zero-order chi connectivity index (χ0) is 15.4. The van der Waals surface area contributed by atoms with E-state index in [0.29, 0.717) is 5.56 Å². The van der Waals surface area contributed by atoms with Gasteiger partial charge in [0.25, 0.3) is 5.91 Å². The maximum atomic E-state index is 12.5. The van der Waals surface area contributed by atoms with Gasteiger partial charge in [-0.15, -0.1) is 0 Å². The molecule has 1 amide bonds. The highest BCUT2D eigenvalue weighted by Gasteiger charge is 2.18. The summed E-state index contributed by atoms with van der Waals surface area (Å²) in [6.07, 6.45) is 0.966. The minimum absolute atomic E-state index is 0.00164. The fraction of sp³-hybridized carbons (Fsp3) is 0.278. The number of benzene rings is 2. The molecule has 0 heterocycles. The maximum Gasteiger partial charge on any atom is 0.254 e. The number of phenols is 1. The van der Waals surface area contributed by atoms with Crippen molar-refractivity contribution in [3.05, 3.63) is 65.2 Å². The van der Waals surface area contributed by atoms with Crippen LogP contribution in [-0.2, 0) is 6.42 Å². The summed E-state index contributed by atoms with van der Waals surface area (Å²) in [6.45, 7) is 4.07. The predicted octanol–water partition coefficient (Wildman–Crippen LogP) is 3.79. The van der Waals surface area contributed by atoms with Crippen LogP contribution in [0.1, 0.15) is 41.4 Å². The lowest BCUT2D eigenvalue weighted by molar-refractivity contribution is 0.0742. The Morgan fingerprint density at radius 2 is 1.67 bits per heavy atom. The van der Waals surface area contributed by atoms with E-state index in [-0.39, 0.29) is 17.7 Å². The molecule has 0 fully saturated rings. The average Bonchev–Trinajstić information content (AvgIpc) is 2.53. The van der Waals surface area contributed by atoms with Crippen molar-refractivity contribution in [1.29, 1.82) is 0 Å². The largest absolute Gasteiger partial charge is 0.508 e. The van der Waals surface area contributed by atoms with Crippen LogP contribution in [0.25, 0.3) is 0 Å². The quantitative estimate of drug-likeness (QED) is 0.927. The van der Waals surface area contributed by atoms with Gasteiger partial charge in [0.2, 0.25) is 0 Å². The molecule has 1 N–H and O–H groups in total. The molecule has 3 nitrogen and oxygen atoms in total. The van der Waals surface area contributed by atoms with Gasteiger partial charge in [0.05, 0.1) is 6.04 Å². The van der Waals surface area contributed by atoms with Gasteiger partial charge in [-0.05, 0) is 48.7 Å². The Hall–Kier alpha value is -2.29. The molecule has 1 unspecified atom stereocenters. The fourth-order valence-electron chi connectivity index (χ4n) is 2.24. The van der Waals surface area contributed by atoms with Crippen molar-refractivity contribution in [3.8, 4) is 5.75 Å². The smallest absolute Gasteiger partial charge is 0.254 e. The zero-order valence-corrected chi connectivity index (χ0v) is 12.7. The van der Waals surface area contributed by atoms with E-state index in [4.69, 9.17) is 0 Å². The predicted molar refractivity (Wildman–Crippen MR) is 84.4 cm³/mol. The van der Waals surface area contributed by atoms with Crippen molar-refractivity contribution in [2.24, 2.45) is 0 Å². The Kier molecular flexibility index (Phi) is 4.63. The number of nitrogens with zero attached hydrogens (tertiary/aromatic N) is 1. The average molecular weight is 283 g/mol. The number of phenolic OH excluding ortho intramolecular Hbond substituents is 1. The summed E-state index contributed by atoms with van der Waals surface area (Å²) >= 11 is 0. The minimum Gasteiger partial charge on any atom is -0.508 e. The molecule has 0 radical (unpaired) electrons. The van der Waals surface area contributed by atoms with Gasteiger partial charge in [0.1, 0.15) is 5.75 Å². The molecule has 0 bridgehead atoms. The lowest BCUT2D eigenvalue weighted by Gasteiger charge is -2.25. The number of carbonyl (C=O) groups excluding carboxylic acids is 1. The highest BCUT2D eigenvalue weighted by molar-refractivity contribution is 5.94. The highest BCUT2D eigenvalue weighted by Crippen LogP contribution is 2.22.